The molecular weight excluding hydrogens is 441 g/mol. The highest BCUT2D eigenvalue weighted by molar-refractivity contribution is 7.14. The molecule has 4 aromatic rings. The molecule has 0 unspecified atom stereocenters. The number of hydrogen-bond acceptors (Lipinski definition) is 7. The van der Waals surface area contributed by atoms with Crippen molar-refractivity contribution in [1.82, 2.24) is 24.6 Å². The van der Waals surface area contributed by atoms with Crippen LogP contribution in [0.2, 0.25) is 0 Å². The fourth-order valence-electron chi connectivity index (χ4n) is 3.94. The van der Waals surface area contributed by atoms with Crippen molar-refractivity contribution in [2.45, 2.75) is 0 Å². The number of carbonyl (C=O) groups excluding carboxylic acids is 1. The number of carbonyl (C=O) groups is 1. The van der Waals surface area contributed by atoms with Crippen molar-refractivity contribution >= 4 is 39.0 Å². The van der Waals surface area contributed by atoms with E-state index in [2.05, 4.69) is 36.2 Å². The van der Waals surface area contributed by atoms with Crippen LogP contribution in [0.4, 0.5) is 15.3 Å². The highest BCUT2D eigenvalue weighted by atomic mass is 32.1. The summed E-state index contributed by atoms with van der Waals surface area (Å²) in [5.41, 5.74) is 2.45. The molecule has 0 saturated carbocycles. The fraction of sp³-hybridized carbons (Fsp3) is 0.304. The zero-order valence-electron chi connectivity index (χ0n) is 18.2. The van der Waals surface area contributed by atoms with E-state index in [0.29, 0.717) is 18.1 Å². The van der Waals surface area contributed by atoms with Crippen molar-refractivity contribution in [2.75, 3.05) is 49.6 Å². The molecule has 1 aromatic carbocycles. The third-order valence-electron chi connectivity index (χ3n) is 5.77. The van der Waals surface area contributed by atoms with E-state index in [1.54, 1.807) is 16.3 Å². The highest BCUT2D eigenvalue weighted by Gasteiger charge is 2.21. The standard InChI is InChI=1S/C23H24FN7OS/c1-29-14-19(13-26-29)16-2-3-17-12-25-21(11-18(17)10-16)28-22(32)20-15-33-23(27-20)31-8-6-30(5-4-24)7-9-31/h2-3,10-15H,4-9H2,1H3,(H,25,28,32). The first-order chi connectivity index (χ1) is 16.1. The number of benzene rings is 1. The zero-order chi connectivity index (χ0) is 22.8. The van der Waals surface area contributed by atoms with Crippen LogP contribution < -0.4 is 10.2 Å². The Balaban J connectivity index is 1.28. The summed E-state index contributed by atoms with van der Waals surface area (Å²) in [6.45, 7) is 3.30. The molecule has 1 aliphatic rings. The third kappa shape index (κ3) is 4.71. The average molecular weight is 466 g/mol. The molecule has 33 heavy (non-hydrogen) atoms. The van der Waals surface area contributed by atoms with Crippen LogP contribution in [0, 0.1) is 0 Å². The number of halogens is 1. The van der Waals surface area contributed by atoms with Crippen LogP contribution in [0.25, 0.3) is 21.9 Å². The summed E-state index contributed by atoms with van der Waals surface area (Å²) >= 11 is 1.45. The maximum absolute atomic E-state index is 12.8. The van der Waals surface area contributed by atoms with E-state index in [4.69, 9.17) is 0 Å². The van der Waals surface area contributed by atoms with Gasteiger partial charge < -0.3 is 10.2 Å². The molecule has 0 aliphatic carbocycles. The van der Waals surface area contributed by atoms with E-state index in [9.17, 15) is 9.18 Å². The normalized spacial score (nSPS) is 14.7. The van der Waals surface area contributed by atoms with Crippen LogP contribution in [-0.2, 0) is 7.05 Å². The van der Waals surface area contributed by atoms with Crippen molar-refractivity contribution in [2.24, 2.45) is 7.05 Å². The number of aromatic nitrogens is 4. The predicted molar refractivity (Wildman–Crippen MR) is 129 cm³/mol. The molecule has 3 aromatic heterocycles. The first kappa shape index (κ1) is 21.5. The molecule has 0 spiro atoms. The van der Waals surface area contributed by atoms with Crippen LogP contribution in [-0.4, -0.2) is 70.0 Å². The van der Waals surface area contributed by atoms with Gasteiger partial charge in [0.15, 0.2) is 5.13 Å². The third-order valence-corrected chi connectivity index (χ3v) is 6.67. The molecule has 0 radical (unpaired) electrons. The van der Waals surface area contributed by atoms with Gasteiger partial charge in [0.1, 0.15) is 18.2 Å². The molecule has 1 saturated heterocycles. The van der Waals surface area contributed by atoms with Crippen LogP contribution in [0.3, 0.4) is 0 Å². The van der Waals surface area contributed by atoms with E-state index >= 15 is 0 Å². The smallest absolute Gasteiger partial charge is 0.276 e. The van der Waals surface area contributed by atoms with Gasteiger partial charge in [0.05, 0.1) is 6.20 Å². The monoisotopic (exact) mass is 465 g/mol. The molecule has 0 bridgehead atoms. The zero-order valence-corrected chi connectivity index (χ0v) is 19.1. The van der Waals surface area contributed by atoms with Crippen LogP contribution in [0.15, 0.2) is 48.2 Å². The summed E-state index contributed by atoms with van der Waals surface area (Å²) in [6, 6.07) is 7.97. The predicted octanol–water partition coefficient (Wildman–Crippen LogP) is 3.44. The number of piperazine rings is 1. The lowest BCUT2D eigenvalue weighted by Crippen LogP contribution is -2.47. The first-order valence-electron chi connectivity index (χ1n) is 10.8. The number of hydrogen-bond donors (Lipinski definition) is 1. The van der Waals surface area contributed by atoms with Crippen LogP contribution >= 0.6 is 11.3 Å². The first-order valence-corrected chi connectivity index (χ1v) is 11.7. The summed E-state index contributed by atoms with van der Waals surface area (Å²) in [7, 11) is 1.89. The van der Waals surface area contributed by atoms with Gasteiger partial charge in [-0.15, -0.1) is 11.3 Å². The molecule has 1 amide bonds. The Labute approximate surface area is 194 Å². The van der Waals surface area contributed by atoms with Gasteiger partial charge in [-0.1, -0.05) is 12.1 Å². The van der Waals surface area contributed by atoms with Crippen molar-refractivity contribution < 1.29 is 9.18 Å². The number of nitrogens with zero attached hydrogens (tertiary/aromatic N) is 6. The maximum atomic E-state index is 12.8. The molecule has 1 N–H and O–H groups in total. The van der Waals surface area contributed by atoms with Gasteiger partial charge in [-0.3, -0.25) is 14.4 Å². The molecule has 4 heterocycles. The molecule has 5 rings (SSSR count). The Kier molecular flexibility index (Phi) is 6.01. The van der Waals surface area contributed by atoms with Crippen LogP contribution in [0.1, 0.15) is 10.5 Å². The van der Waals surface area contributed by atoms with Gasteiger partial charge in [0, 0.05) is 68.5 Å². The van der Waals surface area contributed by atoms with Gasteiger partial charge in [-0.2, -0.15) is 5.10 Å². The summed E-state index contributed by atoms with van der Waals surface area (Å²) in [5.74, 6) is 0.189. The molecule has 8 nitrogen and oxygen atoms in total. The molecule has 1 fully saturated rings. The van der Waals surface area contributed by atoms with Crippen molar-refractivity contribution in [3.8, 4) is 11.1 Å². The van der Waals surface area contributed by atoms with Crippen molar-refractivity contribution in [3.05, 3.63) is 53.9 Å². The van der Waals surface area contributed by atoms with Crippen molar-refractivity contribution in [1.29, 1.82) is 0 Å². The minimum absolute atomic E-state index is 0.288. The Hall–Kier alpha value is -3.37. The number of pyridine rings is 1. The SMILES string of the molecule is Cn1cc(-c2ccc3cnc(NC(=O)c4csc(N5CCN(CCF)CC5)n4)cc3c2)cn1. The number of fused-ring (bicyclic) bond motifs is 1. The number of aryl methyl sites for hydroxylation is 1. The van der Waals surface area contributed by atoms with Gasteiger partial charge in [-0.25, -0.2) is 14.4 Å². The van der Waals surface area contributed by atoms with E-state index in [-0.39, 0.29) is 12.6 Å². The van der Waals surface area contributed by atoms with E-state index in [1.807, 2.05) is 37.6 Å². The van der Waals surface area contributed by atoms with E-state index < -0.39 is 0 Å². The number of amides is 1. The highest BCUT2D eigenvalue weighted by Crippen LogP contribution is 2.26. The number of alkyl halides is 1. The van der Waals surface area contributed by atoms with E-state index in [0.717, 1.165) is 53.2 Å². The van der Waals surface area contributed by atoms with Gasteiger partial charge >= 0.3 is 0 Å². The lowest BCUT2D eigenvalue weighted by atomic mass is 10.1. The van der Waals surface area contributed by atoms with Gasteiger partial charge in [-0.05, 0) is 23.1 Å². The quantitative estimate of drug-likeness (QED) is 0.470. The minimum atomic E-state index is -0.324. The van der Waals surface area contributed by atoms with Crippen molar-refractivity contribution in [3.63, 3.8) is 0 Å². The Morgan fingerprint density at radius 1 is 1.12 bits per heavy atom. The number of nitrogens with one attached hydrogen (secondary N) is 1. The van der Waals surface area contributed by atoms with Crippen LogP contribution in [0.5, 0.6) is 0 Å². The molecule has 0 atom stereocenters. The molecular formula is C23H24FN7OS. The molecule has 1 aliphatic heterocycles. The second kappa shape index (κ2) is 9.24. The summed E-state index contributed by atoms with van der Waals surface area (Å²) < 4.78 is 14.3. The lowest BCUT2D eigenvalue weighted by Gasteiger charge is -2.33. The summed E-state index contributed by atoms with van der Waals surface area (Å²) in [6.07, 6.45) is 5.54. The van der Waals surface area contributed by atoms with Gasteiger partial charge in [0.25, 0.3) is 5.91 Å². The minimum Gasteiger partial charge on any atom is -0.346 e. The Bertz CT molecular complexity index is 1280. The number of thiazole rings is 1. The fourth-order valence-corrected chi connectivity index (χ4v) is 4.80. The second-order valence-corrected chi connectivity index (χ2v) is 8.86. The second-order valence-electron chi connectivity index (χ2n) is 8.02. The topological polar surface area (TPSA) is 79.2 Å². The molecule has 170 valence electrons. The Morgan fingerprint density at radius 3 is 2.73 bits per heavy atom. The largest absolute Gasteiger partial charge is 0.346 e. The maximum Gasteiger partial charge on any atom is 0.276 e. The lowest BCUT2D eigenvalue weighted by molar-refractivity contribution is 0.102. The molecule has 10 heteroatoms. The van der Waals surface area contributed by atoms with Gasteiger partial charge in [0.2, 0.25) is 0 Å². The number of anilines is 2. The average Bonchev–Trinajstić information content (AvgIpc) is 3.49. The Morgan fingerprint density at radius 2 is 1.97 bits per heavy atom. The summed E-state index contributed by atoms with van der Waals surface area (Å²) in [5, 5.41) is 11.6. The van der Waals surface area contributed by atoms with E-state index in [1.165, 1.54) is 11.3 Å². The number of rotatable bonds is 6. The summed E-state index contributed by atoms with van der Waals surface area (Å²) in [4.78, 5) is 25.9.